The lowest BCUT2D eigenvalue weighted by atomic mass is 9.97. The van der Waals surface area contributed by atoms with Gasteiger partial charge in [0.15, 0.2) is 11.6 Å². The lowest BCUT2D eigenvalue weighted by molar-refractivity contribution is 0.0981. The Morgan fingerprint density at radius 1 is 0.833 bits per heavy atom. The molecule has 5 heteroatoms. The lowest BCUT2D eigenvalue weighted by Gasteiger charge is -2.20. The summed E-state index contributed by atoms with van der Waals surface area (Å²) in [6.45, 7) is 0. The molecule has 0 saturated heterocycles. The summed E-state index contributed by atoms with van der Waals surface area (Å²) < 4.78 is 0. The molecular formula is C19H16Cl2O2S. The van der Waals surface area contributed by atoms with Crippen LogP contribution < -0.4 is 0 Å². The zero-order valence-corrected chi connectivity index (χ0v) is 15.3. The van der Waals surface area contributed by atoms with Crippen molar-refractivity contribution >= 4 is 46.5 Å². The molecule has 0 N–H and O–H groups in total. The summed E-state index contributed by atoms with van der Waals surface area (Å²) in [6.07, 6.45) is 1.42. The number of halogens is 2. The van der Waals surface area contributed by atoms with Crippen LogP contribution in [0, 0.1) is 0 Å². The predicted octanol–water partition coefficient (Wildman–Crippen LogP) is 5.37. The Bertz CT molecular complexity index is 736. The van der Waals surface area contributed by atoms with E-state index in [2.05, 4.69) is 0 Å². The lowest BCUT2D eigenvalue weighted by Crippen LogP contribution is -2.06. The molecule has 0 spiro atoms. The number of carbonyl (C=O) groups is 2. The van der Waals surface area contributed by atoms with E-state index in [0.717, 1.165) is 27.3 Å². The molecule has 0 fully saturated rings. The van der Waals surface area contributed by atoms with E-state index in [9.17, 15) is 9.59 Å². The Morgan fingerprint density at radius 3 is 1.71 bits per heavy atom. The average molecular weight is 379 g/mol. The van der Waals surface area contributed by atoms with E-state index in [1.54, 1.807) is 11.8 Å². The molecule has 0 bridgehead atoms. The number of hydrogen-bond donors (Lipinski definition) is 0. The van der Waals surface area contributed by atoms with Gasteiger partial charge in [0.1, 0.15) is 0 Å². The number of carbonyl (C=O) groups excluding carboxylic acids is 2. The molecule has 0 radical (unpaired) electrons. The van der Waals surface area contributed by atoms with E-state index < -0.39 is 0 Å². The van der Waals surface area contributed by atoms with Crippen molar-refractivity contribution in [2.45, 2.75) is 29.1 Å². The van der Waals surface area contributed by atoms with Crippen LogP contribution in [0.15, 0.2) is 46.2 Å². The highest BCUT2D eigenvalue weighted by molar-refractivity contribution is 7.99. The maximum atomic E-state index is 12.0. The molecule has 2 aromatic rings. The van der Waals surface area contributed by atoms with Crippen LogP contribution in [0.1, 0.15) is 44.7 Å². The maximum absolute atomic E-state index is 12.0. The first-order chi connectivity index (χ1) is 11.6. The van der Waals surface area contributed by atoms with Crippen LogP contribution in [0.5, 0.6) is 0 Å². The SMILES string of the molecule is O=C(CCCl)c1ccc2c(c1)Cc1cc(C(=O)CCCl)ccc1S2. The normalized spacial score (nSPS) is 12.4. The van der Waals surface area contributed by atoms with Gasteiger partial charge in [-0.3, -0.25) is 9.59 Å². The van der Waals surface area contributed by atoms with Crippen LogP contribution in [0.2, 0.25) is 0 Å². The molecule has 124 valence electrons. The molecule has 0 atom stereocenters. The fraction of sp³-hybridized carbons (Fsp3) is 0.263. The molecule has 0 aliphatic carbocycles. The van der Waals surface area contributed by atoms with Gasteiger partial charge < -0.3 is 0 Å². The van der Waals surface area contributed by atoms with Gasteiger partial charge in [0.05, 0.1) is 0 Å². The predicted molar refractivity (Wildman–Crippen MR) is 99.1 cm³/mol. The first-order valence-corrected chi connectivity index (χ1v) is 9.63. The molecule has 0 unspecified atom stereocenters. The number of fused-ring (bicyclic) bond motifs is 2. The minimum atomic E-state index is 0.0645. The number of Topliss-reactive ketones (excluding diaryl/α,β-unsaturated/α-hetero) is 2. The third-order valence-electron chi connectivity index (χ3n) is 4.01. The molecule has 0 amide bonds. The summed E-state index contributed by atoms with van der Waals surface area (Å²) in [6, 6.07) is 11.6. The third-order valence-corrected chi connectivity index (χ3v) is 5.62. The summed E-state index contributed by atoms with van der Waals surface area (Å²) in [7, 11) is 0. The van der Waals surface area contributed by atoms with Gasteiger partial charge in [0, 0.05) is 45.5 Å². The summed E-state index contributed by atoms with van der Waals surface area (Å²) in [5.74, 6) is 0.795. The number of alkyl halides is 2. The van der Waals surface area contributed by atoms with Gasteiger partial charge in [-0.2, -0.15) is 0 Å². The molecule has 2 aromatic carbocycles. The van der Waals surface area contributed by atoms with E-state index >= 15 is 0 Å². The zero-order chi connectivity index (χ0) is 17.1. The maximum Gasteiger partial charge on any atom is 0.164 e. The van der Waals surface area contributed by atoms with Crippen LogP contribution in [-0.4, -0.2) is 23.3 Å². The standard InChI is InChI=1S/C19H16Cl2O2S/c20-7-5-16(22)12-1-3-18-14(9-12)11-15-10-13(17(23)6-8-21)2-4-19(15)24-18/h1-4,9-10H,5-8,11H2. The smallest absolute Gasteiger partial charge is 0.164 e. The molecule has 0 aromatic heterocycles. The average Bonchev–Trinajstić information content (AvgIpc) is 2.59. The van der Waals surface area contributed by atoms with Crippen molar-refractivity contribution in [3.63, 3.8) is 0 Å². The van der Waals surface area contributed by atoms with E-state index in [1.807, 2.05) is 36.4 Å². The van der Waals surface area contributed by atoms with Crippen molar-refractivity contribution in [2.24, 2.45) is 0 Å². The van der Waals surface area contributed by atoms with Crippen molar-refractivity contribution in [3.05, 3.63) is 58.7 Å². The fourth-order valence-electron chi connectivity index (χ4n) is 2.77. The van der Waals surface area contributed by atoms with Crippen LogP contribution in [0.4, 0.5) is 0 Å². The largest absolute Gasteiger partial charge is 0.294 e. The number of benzene rings is 2. The quantitative estimate of drug-likeness (QED) is 0.427. The van der Waals surface area contributed by atoms with Gasteiger partial charge in [-0.1, -0.05) is 23.9 Å². The molecular weight excluding hydrogens is 363 g/mol. The van der Waals surface area contributed by atoms with E-state index in [0.29, 0.717) is 35.7 Å². The first-order valence-electron chi connectivity index (χ1n) is 7.74. The van der Waals surface area contributed by atoms with Gasteiger partial charge in [-0.25, -0.2) is 0 Å². The molecule has 1 heterocycles. The monoisotopic (exact) mass is 378 g/mol. The molecule has 24 heavy (non-hydrogen) atoms. The van der Waals surface area contributed by atoms with Gasteiger partial charge in [-0.15, -0.1) is 23.2 Å². The Balaban J connectivity index is 1.89. The summed E-state index contributed by atoms with van der Waals surface area (Å²) in [5, 5.41) is 0. The Morgan fingerprint density at radius 2 is 1.29 bits per heavy atom. The van der Waals surface area contributed by atoms with Crippen molar-refractivity contribution in [1.82, 2.24) is 0 Å². The van der Waals surface area contributed by atoms with E-state index in [4.69, 9.17) is 23.2 Å². The highest BCUT2D eigenvalue weighted by Gasteiger charge is 2.19. The van der Waals surface area contributed by atoms with Crippen LogP contribution in [0.3, 0.4) is 0 Å². The van der Waals surface area contributed by atoms with Gasteiger partial charge in [0.2, 0.25) is 0 Å². The Labute approximate surface area is 155 Å². The van der Waals surface area contributed by atoms with Crippen molar-refractivity contribution in [1.29, 1.82) is 0 Å². The highest BCUT2D eigenvalue weighted by Crippen LogP contribution is 2.40. The zero-order valence-electron chi connectivity index (χ0n) is 13.0. The molecule has 1 aliphatic rings. The summed E-state index contributed by atoms with van der Waals surface area (Å²) in [5.41, 5.74) is 3.64. The number of rotatable bonds is 6. The third kappa shape index (κ3) is 3.69. The van der Waals surface area contributed by atoms with E-state index in [1.165, 1.54) is 0 Å². The molecule has 0 saturated carbocycles. The molecule has 1 aliphatic heterocycles. The highest BCUT2D eigenvalue weighted by atomic mass is 35.5. The van der Waals surface area contributed by atoms with Crippen molar-refractivity contribution in [3.8, 4) is 0 Å². The fourth-order valence-corrected chi connectivity index (χ4v) is 4.14. The van der Waals surface area contributed by atoms with E-state index in [-0.39, 0.29) is 11.6 Å². The van der Waals surface area contributed by atoms with Crippen LogP contribution >= 0.6 is 35.0 Å². The van der Waals surface area contributed by atoms with Crippen LogP contribution in [0.25, 0.3) is 0 Å². The second-order valence-electron chi connectivity index (χ2n) is 5.65. The second kappa shape index (κ2) is 7.73. The van der Waals surface area contributed by atoms with Crippen molar-refractivity contribution in [2.75, 3.05) is 11.8 Å². The number of ketones is 2. The first kappa shape index (κ1) is 17.5. The Kier molecular flexibility index (Phi) is 5.65. The summed E-state index contributed by atoms with van der Waals surface area (Å²) >= 11 is 13.0. The van der Waals surface area contributed by atoms with Crippen LogP contribution in [-0.2, 0) is 6.42 Å². The Hall–Kier alpha value is -1.29. The van der Waals surface area contributed by atoms with Gasteiger partial charge in [0.25, 0.3) is 0 Å². The van der Waals surface area contributed by atoms with Gasteiger partial charge >= 0.3 is 0 Å². The molecule has 3 rings (SSSR count). The topological polar surface area (TPSA) is 34.1 Å². The number of hydrogen-bond acceptors (Lipinski definition) is 3. The molecule has 2 nitrogen and oxygen atoms in total. The minimum absolute atomic E-state index is 0.0645. The van der Waals surface area contributed by atoms with Gasteiger partial charge in [-0.05, 0) is 41.8 Å². The minimum Gasteiger partial charge on any atom is -0.294 e. The summed E-state index contributed by atoms with van der Waals surface area (Å²) in [4.78, 5) is 26.4. The second-order valence-corrected chi connectivity index (χ2v) is 7.49. The van der Waals surface area contributed by atoms with Crippen molar-refractivity contribution < 1.29 is 9.59 Å².